The van der Waals surface area contributed by atoms with E-state index >= 15 is 0 Å². The molecule has 1 aromatic carbocycles. The van der Waals surface area contributed by atoms with Gasteiger partial charge in [0.25, 0.3) is 0 Å². The van der Waals surface area contributed by atoms with Gasteiger partial charge < -0.3 is 9.32 Å². The van der Waals surface area contributed by atoms with Crippen LogP contribution in [0.25, 0.3) is 0 Å². The highest BCUT2D eigenvalue weighted by Crippen LogP contribution is 2.12. The Morgan fingerprint density at radius 3 is 2.67 bits per heavy atom. The highest BCUT2D eigenvalue weighted by molar-refractivity contribution is 6.30. The maximum Gasteiger partial charge on any atom is 0.227 e. The molecule has 1 amide bonds. The van der Waals surface area contributed by atoms with E-state index in [1.54, 1.807) is 29.4 Å². The van der Waals surface area contributed by atoms with Gasteiger partial charge in [-0.3, -0.25) is 4.79 Å². The zero-order valence-corrected chi connectivity index (χ0v) is 12.2. The zero-order chi connectivity index (χ0) is 15.1. The van der Waals surface area contributed by atoms with E-state index in [1.165, 1.54) is 0 Å². The molecule has 0 bridgehead atoms. The summed E-state index contributed by atoms with van der Waals surface area (Å²) in [5, 5.41) is 9.36. The van der Waals surface area contributed by atoms with Gasteiger partial charge in [-0.15, -0.1) is 0 Å². The number of carbonyl (C=O) groups is 1. The van der Waals surface area contributed by atoms with Gasteiger partial charge in [-0.05, 0) is 29.8 Å². The van der Waals surface area contributed by atoms with Crippen LogP contribution in [0.5, 0.6) is 0 Å². The van der Waals surface area contributed by atoms with Crippen LogP contribution in [0.4, 0.5) is 0 Å². The normalized spacial score (nSPS) is 10.1. The van der Waals surface area contributed by atoms with Crippen molar-refractivity contribution in [2.45, 2.75) is 19.4 Å². The molecule has 0 atom stereocenters. The van der Waals surface area contributed by atoms with Crippen LogP contribution in [-0.4, -0.2) is 17.4 Å². The van der Waals surface area contributed by atoms with Crippen LogP contribution >= 0.6 is 11.6 Å². The minimum atomic E-state index is -0.0380. The lowest BCUT2D eigenvalue weighted by Gasteiger charge is -2.20. The number of amides is 1. The quantitative estimate of drug-likeness (QED) is 0.821. The van der Waals surface area contributed by atoms with Gasteiger partial charge >= 0.3 is 0 Å². The van der Waals surface area contributed by atoms with Crippen LogP contribution in [0.2, 0.25) is 5.02 Å². The monoisotopic (exact) mass is 302 g/mol. The highest BCUT2D eigenvalue weighted by atomic mass is 35.5. The first kappa shape index (κ1) is 15.1. The van der Waals surface area contributed by atoms with Crippen LogP contribution in [0, 0.1) is 11.3 Å². The highest BCUT2D eigenvalue weighted by Gasteiger charge is 2.15. The molecule has 108 valence electrons. The summed E-state index contributed by atoms with van der Waals surface area (Å²) < 4.78 is 5.27. The maximum absolute atomic E-state index is 12.4. The van der Waals surface area contributed by atoms with Crippen LogP contribution < -0.4 is 0 Å². The van der Waals surface area contributed by atoms with Gasteiger partial charge in [-0.25, -0.2) is 0 Å². The minimum absolute atomic E-state index is 0.0380. The fourth-order valence-corrected chi connectivity index (χ4v) is 2.08. The van der Waals surface area contributed by atoms with E-state index < -0.39 is 0 Å². The van der Waals surface area contributed by atoms with Crippen molar-refractivity contribution in [1.82, 2.24) is 4.90 Å². The molecule has 0 saturated carbocycles. The first-order chi connectivity index (χ1) is 10.2. The van der Waals surface area contributed by atoms with Gasteiger partial charge in [0.15, 0.2) is 0 Å². The Morgan fingerprint density at radius 1 is 1.29 bits per heavy atom. The van der Waals surface area contributed by atoms with Gasteiger partial charge in [0.1, 0.15) is 5.76 Å². The summed E-state index contributed by atoms with van der Waals surface area (Å²) in [6, 6.07) is 12.8. The molecule has 0 saturated heterocycles. The molecule has 5 heteroatoms. The Labute approximate surface area is 128 Å². The third-order valence-corrected chi connectivity index (χ3v) is 3.29. The van der Waals surface area contributed by atoms with Gasteiger partial charge in [-0.1, -0.05) is 23.7 Å². The second kappa shape index (κ2) is 7.51. The predicted molar refractivity (Wildman–Crippen MR) is 79.5 cm³/mol. The van der Waals surface area contributed by atoms with Gasteiger partial charge in [-0.2, -0.15) is 5.26 Å². The standard InChI is InChI=1S/C16H15ClN2O2/c17-14-6-4-13(5-7-14)11-16(20)19(9-2-8-18)12-15-3-1-10-21-15/h1,3-7,10H,2,9,11-12H2. The Morgan fingerprint density at radius 2 is 2.05 bits per heavy atom. The summed E-state index contributed by atoms with van der Waals surface area (Å²) in [6.07, 6.45) is 2.15. The molecule has 0 aliphatic rings. The van der Waals surface area contributed by atoms with E-state index in [-0.39, 0.29) is 12.3 Å². The molecule has 2 rings (SSSR count). The van der Waals surface area contributed by atoms with E-state index in [9.17, 15) is 4.79 Å². The average molecular weight is 303 g/mol. The van der Waals surface area contributed by atoms with E-state index in [0.717, 1.165) is 5.56 Å². The first-order valence-corrected chi connectivity index (χ1v) is 6.98. The second-order valence-corrected chi connectivity index (χ2v) is 5.04. The SMILES string of the molecule is N#CCCN(Cc1ccco1)C(=O)Cc1ccc(Cl)cc1. The van der Waals surface area contributed by atoms with E-state index in [2.05, 4.69) is 6.07 Å². The summed E-state index contributed by atoms with van der Waals surface area (Å²) in [4.78, 5) is 14.0. The molecule has 21 heavy (non-hydrogen) atoms. The molecule has 0 N–H and O–H groups in total. The molecule has 1 aromatic heterocycles. The Balaban J connectivity index is 2.02. The Hall–Kier alpha value is -2.25. The molecule has 0 radical (unpaired) electrons. The summed E-state index contributed by atoms with van der Waals surface area (Å²) in [7, 11) is 0. The predicted octanol–water partition coefficient (Wildman–Crippen LogP) is 3.42. The lowest BCUT2D eigenvalue weighted by atomic mass is 10.1. The summed E-state index contributed by atoms with van der Waals surface area (Å²) in [5.74, 6) is 0.668. The number of hydrogen-bond acceptors (Lipinski definition) is 3. The minimum Gasteiger partial charge on any atom is -0.467 e. The lowest BCUT2D eigenvalue weighted by Crippen LogP contribution is -2.32. The number of hydrogen-bond donors (Lipinski definition) is 0. The number of halogens is 1. The van der Waals surface area contributed by atoms with E-state index in [0.29, 0.717) is 30.3 Å². The van der Waals surface area contributed by atoms with Gasteiger partial charge in [0.2, 0.25) is 5.91 Å². The molecule has 0 fully saturated rings. The van der Waals surface area contributed by atoms with Crippen LogP contribution in [0.15, 0.2) is 47.1 Å². The topological polar surface area (TPSA) is 57.2 Å². The van der Waals surface area contributed by atoms with Crippen LogP contribution in [0.3, 0.4) is 0 Å². The Bertz CT molecular complexity index is 615. The van der Waals surface area contributed by atoms with E-state index in [4.69, 9.17) is 21.3 Å². The number of nitrogens with zero attached hydrogens (tertiary/aromatic N) is 2. The van der Waals surface area contributed by atoms with Crippen molar-refractivity contribution in [2.75, 3.05) is 6.54 Å². The molecular formula is C16H15ClN2O2. The van der Waals surface area contributed by atoms with Crippen molar-refractivity contribution >= 4 is 17.5 Å². The molecule has 0 spiro atoms. The summed E-state index contributed by atoms with van der Waals surface area (Å²) >= 11 is 5.83. The number of nitriles is 1. The average Bonchev–Trinajstić information content (AvgIpc) is 2.98. The van der Waals surface area contributed by atoms with Crippen molar-refractivity contribution in [3.63, 3.8) is 0 Å². The van der Waals surface area contributed by atoms with E-state index in [1.807, 2.05) is 18.2 Å². The third-order valence-electron chi connectivity index (χ3n) is 3.04. The largest absolute Gasteiger partial charge is 0.467 e. The van der Waals surface area contributed by atoms with Crippen molar-refractivity contribution in [2.24, 2.45) is 0 Å². The maximum atomic E-state index is 12.4. The Kier molecular flexibility index (Phi) is 5.42. The molecule has 1 heterocycles. The van der Waals surface area contributed by atoms with Crippen LogP contribution in [-0.2, 0) is 17.8 Å². The third kappa shape index (κ3) is 4.66. The molecule has 0 aliphatic heterocycles. The molecular weight excluding hydrogens is 288 g/mol. The number of furan rings is 1. The number of benzene rings is 1. The lowest BCUT2D eigenvalue weighted by molar-refractivity contribution is -0.131. The molecule has 0 unspecified atom stereocenters. The number of carbonyl (C=O) groups excluding carboxylic acids is 1. The smallest absolute Gasteiger partial charge is 0.227 e. The van der Waals surface area contributed by atoms with Crippen molar-refractivity contribution in [3.05, 3.63) is 59.0 Å². The zero-order valence-electron chi connectivity index (χ0n) is 11.5. The van der Waals surface area contributed by atoms with Gasteiger partial charge in [0, 0.05) is 11.6 Å². The van der Waals surface area contributed by atoms with Crippen molar-refractivity contribution in [1.29, 1.82) is 5.26 Å². The van der Waals surface area contributed by atoms with Crippen molar-refractivity contribution in [3.8, 4) is 6.07 Å². The summed E-state index contributed by atoms with van der Waals surface area (Å²) in [5.41, 5.74) is 0.894. The summed E-state index contributed by atoms with van der Waals surface area (Å²) in [6.45, 7) is 0.769. The molecule has 2 aromatic rings. The van der Waals surface area contributed by atoms with Crippen LogP contribution in [0.1, 0.15) is 17.7 Å². The van der Waals surface area contributed by atoms with Crippen molar-refractivity contribution < 1.29 is 9.21 Å². The number of rotatable bonds is 6. The molecule has 0 aliphatic carbocycles. The molecule has 4 nitrogen and oxygen atoms in total. The fourth-order valence-electron chi connectivity index (χ4n) is 1.96. The fraction of sp³-hybridized carbons (Fsp3) is 0.250. The second-order valence-electron chi connectivity index (χ2n) is 4.61. The first-order valence-electron chi connectivity index (χ1n) is 6.60. The van der Waals surface area contributed by atoms with Gasteiger partial charge in [0.05, 0.1) is 31.7 Å².